The van der Waals surface area contributed by atoms with Crippen molar-refractivity contribution in [1.29, 1.82) is 0 Å². The summed E-state index contributed by atoms with van der Waals surface area (Å²) in [5, 5.41) is 3.39. The number of benzene rings is 1. The molecule has 4 rings (SSSR count). The maximum atomic E-state index is 12.5. The van der Waals surface area contributed by atoms with E-state index in [4.69, 9.17) is 22.1 Å². The maximum Gasteiger partial charge on any atom is 0.283 e. The van der Waals surface area contributed by atoms with Crippen molar-refractivity contribution >= 4 is 29.2 Å². The number of halogens is 1. The molecule has 0 saturated heterocycles. The monoisotopic (exact) mass is 384 g/mol. The lowest BCUT2D eigenvalue weighted by atomic mass is 9.65. The standard InChI is InChI=1S/C20H21ClN4O2/c1-19(2)8-12-3-5-14(24-17(26)16-6-4-13(21)9-23-16)7-15(12)20(10-19)11-27-18(22)25-20/h3-7,9H,8,10-11H2,1-2H3,(H2,22,25)(H,24,26). The van der Waals surface area contributed by atoms with Crippen molar-refractivity contribution in [3.63, 3.8) is 0 Å². The molecule has 0 saturated carbocycles. The molecule has 0 radical (unpaired) electrons. The fraction of sp³-hybridized carbons (Fsp3) is 0.350. The number of hydrogen-bond donors (Lipinski definition) is 2. The first-order valence-electron chi connectivity index (χ1n) is 8.81. The van der Waals surface area contributed by atoms with Crippen molar-refractivity contribution in [2.45, 2.75) is 32.2 Å². The first kappa shape index (κ1) is 17.8. The predicted molar refractivity (Wildman–Crippen MR) is 105 cm³/mol. The van der Waals surface area contributed by atoms with Crippen molar-refractivity contribution < 1.29 is 9.53 Å². The van der Waals surface area contributed by atoms with Gasteiger partial charge in [0, 0.05) is 11.9 Å². The number of rotatable bonds is 2. The number of anilines is 1. The van der Waals surface area contributed by atoms with Gasteiger partial charge in [-0.15, -0.1) is 0 Å². The van der Waals surface area contributed by atoms with E-state index in [0.717, 1.165) is 18.4 Å². The van der Waals surface area contributed by atoms with Gasteiger partial charge in [0.2, 0.25) is 0 Å². The minimum atomic E-state index is -0.500. The Morgan fingerprint density at radius 2 is 2.11 bits per heavy atom. The molecule has 7 heteroatoms. The number of fused-ring (bicyclic) bond motifs is 2. The van der Waals surface area contributed by atoms with Crippen LogP contribution < -0.4 is 11.1 Å². The molecular weight excluding hydrogens is 364 g/mol. The summed E-state index contributed by atoms with van der Waals surface area (Å²) in [6.07, 6.45) is 3.23. The van der Waals surface area contributed by atoms with E-state index in [9.17, 15) is 4.79 Å². The SMILES string of the molecule is CC1(C)Cc2ccc(NC(=O)c3ccc(Cl)cn3)cc2C2(COC(N)=N2)C1. The highest BCUT2D eigenvalue weighted by molar-refractivity contribution is 6.30. The van der Waals surface area contributed by atoms with Crippen molar-refractivity contribution in [2.75, 3.05) is 11.9 Å². The second-order valence-corrected chi connectivity index (χ2v) is 8.41. The summed E-state index contributed by atoms with van der Waals surface area (Å²) < 4.78 is 5.52. The number of ether oxygens (including phenoxy) is 1. The molecule has 2 aromatic rings. The van der Waals surface area contributed by atoms with Crippen LogP contribution in [-0.2, 0) is 16.7 Å². The Hall–Kier alpha value is -2.60. The highest BCUT2D eigenvalue weighted by Gasteiger charge is 2.47. The Balaban J connectivity index is 1.67. The quantitative estimate of drug-likeness (QED) is 0.829. The molecule has 2 heterocycles. The minimum Gasteiger partial charge on any atom is -0.462 e. The summed E-state index contributed by atoms with van der Waals surface area (Å²) in [5.74, 6) is -0.289. The van der Waals surface area contributed by atoms with Crippen LogP contribution in [0.2, 0.25) is 5.02 Å². The topological polar surface area (TPSA) is 89.6 Å². The zero-order valence-electron chi connectivity index (χ0n) is 15.3. The van der Waals surface area contributed by atoms with Gasteiger partial charge in [-0.1, -0.05) is 31.5 Å². The molecule has 3 N–H and O–H groups in total. The third kappa shape index (κ3) is 3.37. The molecular formula is C20H21ClN4O2. The van der Waals surface area contributed by atoms with Gasteiger partial charge >= 0.3 is 0 Å². The number of carbonyl (C=O) groups is 1. The first-order chi connectivity index (χ1) is 12.8. The number of amides is 1. The van der Waals surface area contributed by atoms with Gasteiger partial charge in [0.05, 0.1) is 5.02 Å². The van der Waals surface area contributed by atoms with E-state index >= 15 is 0 Å². The van der Waals surface area contributed by atoms with E-state index in [2.05, 4.69) is 29.1 Å². The lowest BCUT2D eigenvalue weighted by Gasteiger charge is -2.41. The van der Waals surface area contributed by atoms with Crippen molar-refractivity contribution in [3.8, 4) is 0 Å². The third-order valence-corrected chi connectivity index (χ3v) is 5.28. The molecule has 0 fully saturated rings. The number of pyridine rings is 1. The Kier molecular flexibility index (Phi) is 4.11. The van der Waals surface area contributed by atoms with Crippen LogP contribution in [0.25, 0.3) is 0 Å². The van der Waals surface area contributed by atoms with Crippen LogP contribution in [0.5, 0.6) is 0 Å². The summed E-state index contributed by atoms with van der Waals surface area (Å²) in [4.78, 5) is 21.2. The minimum absolute atomic E-state index is 0.0858. The van der Waals surface area contributed by atoms with E-state index in [-0.39, 0.29) is 17.3 Å². The van der Waals surface area contributed by atoms with Crippen LogP contribution in [0.15, 0.2) is 41.5 Å². The third-order valence-electron chi connectivity index (χ3n) is 5.05. The van der Waals surface area contributed by atoms with Crippen LogP contribution in [0.1, 0.15) is 41.9 Å². The molecule has 1 unspecified atom stereocenters. The number of nitrogens with two attached hydrogens (primary N) is 1. The highest BCUT2D eigenvalue weighted by atomic mass is 35.5. The summed E-state index contributed by atoms with van der Waals surface area (Å²) in [6.45, 7) is 4.87. The van der Waals surface area contributed by atoms with E-state index in [1.165, 1.54) is 11.8 Å². The summed E-state index contributed by atoms with van der Waals surface area (Å²) in [5.41, 5.74) is 8.68. The zero-order valence-corrected chi connectivity index (χ0v) is 16.0. The zero-order chi connectivity index (χ0) is 19.2. The van der Waals surface area contributed by atoms with Gasteiger partial charge < -0.3 is 15.8 Å². The van der Waals surface area contributed by atoms with Gasteiger partial charge in [0.25, 0.3) is 11.9 Å². The summed E-state index contributed by atoms with van der Waals surface area (Å²) in [7, 11) is 0. The molecule has 0 bridgehead atoms. The van der Waals surface area contributed by atoms with Gasteiger partial charge in [-0.2, -0.15) is 0 Å². The Labute approximate surface area is 162 Å². The molecule has 1 aliphatic heterocycles. The number of hydrogen-bond acceptors (Lipinski definition) is 5. The molecule has 1 atom stereocenters. The molecule has 1 amide bonds. The summed E-state index contributed by atoms with van der Waals surface area (Å²) in [6, 6.07) is 9.39. The van der Waals surface area contributed by atoms with Crippen LogP contribution in [0.4, 0.5) is 5.69 Å². The molecule has 1 aromatic carbocycles. The van der Waals surface area contributed by atoms with E-state index < -0.39 is 5.54 Å². The second-order valence-electron chi connectivity index (χ2n) is 7.98. The molecule has 2 aliphatic rings. The number of nitrogens with one attached hydrogen (secondary N) is 1. The molecule has 6 nitrogen and oxygen atoms in total. The molecule has 27 heavy (non-hydrogen) atoms. The van der Waals surface area contributed by atoms with Gasteiger partial charge in [0.1, 0.15) is 17.8 Å². The van der Waals surface area contributed by atoms with Crippen LogP contribution in [0, 0.1) is 5.41 Å². The maximum absolute atomic E-state index is 12.5. The van der Waals surface area contributed by atoms with Gasteiger partial charge in [0.15, 0.2) is 0 Å². The van der Waals surface area contributed by atoms with E-state index in [1.807, 2.05) is 18.2 Å². The van der Waals surface area contributed by atoms with Gasteiger partial charge in [-0.3, -0.25) is 4.79 Å². The average molecular weight is 385 g/mol. The molecule has 1 aliphatic carbocycles. The average Bonchev–Trinajstić information content (AvgIpc) is 2.96. The van der Waals surface area contributed by atoms with Gasteiger partial charge in [-0.25, -0.2) is 9.98 Å². The Morgan fingerprint density at radius 1 is 1.30 bits per heavy atom. The van der Waals surface area contributed by atoms with Crippen LogP contribution in [0.3, 0.4) is 0 Å². The Bertz CT molecular complexity index is 939. The number of aromatic nitrogens is 1. The number of nitrogens with zero attached hydrogens (tertiary/aromatic N) is 2. The Morgan fingerprint density at radius 3 is 2.78 bits per heavy atom. The number of aliphatic imine (C=N–C) groups is 1. The lowest BCUT2D eigenvalue weighted by Crippen LogP contribution is -2.39. The number of carbonyl (C=O) groups excluding carboxylic acids is 1. The van der Waals surface area contributed by atoms with Crippen molar-refractivity contribution in [1.82, 2.24) is 4.98 Å². The lowest BCUT2D eigenvalue weighted by molar-refractivity contribution is 0.102. The molecule has 1 spiro atoms. The molecule has 1 aromatic heterocycles. The van der Waals surface area contributed by atoms with Crippen LogP contribution >= 0.6 is 11.6 Å². The van der Waals surface area contributed by atoms with E-state index in [1.54, 1.807) is 12.1 Å². The number of amidine groups is 1. The van der Waals surface area contributed by atoms with Crippen molar-refractivity contribution in [3.05, 3.63) is 58.4 Å². The fourth-order valence-electron chi connectivity index (χ4n) is 4.11. The smallest absolute Gasteiger partial charge is 0.283 e. The normalized spacial score (nSPS) is 22.7. The highest BCUT2D eigenvalue weighted by Crippen LogP contribution is 2.49. The summed E-state index contributed by atoms with van der Waals surface area (Å²) >= 11 is 5.83. The van der Waals surface area contributed by atoms with E-state index in [0.29, 0.717) is 23.0 Å². The second kappa shape index (κ2) is 6.23. The van der Waals surface area contributed by atoms with Gasteiger partial charge in [-0.05, 0) is 53.6 Å². The largest absolute Gasteiger partial charge is 0.462 e. The fourth-order valence-corrected chi connectivity index (χ4v) is 4.22. The predicted octanol–water partition coefficient (Wildman–Crippen LogP) is 3.50. The molecule has 140 valence electrons. The van der Waals surface area contributed by atoms with Crippen LogP contribution in [-0.4, -0.2) is 23.5 Å². The van der Waals surface area contributed by atoms with Crippen molar-refractivity contribution in [2.24, 2.45) is 16.1 Å². The first-order valence-corrected chi connectivity index (χ1v) is 9.19.